The van der Waals surface area contributed by atoms with E-state index in [2.05, 4.69) is 5.32 Å². The number of urea groups is 1. The summed E-state index contributed by atoms with van der Waals surface area (Å²) in [6, 6.07) is 7.12. The maximum Gasteiger partial charge on any atom is 0.312 e. The number of carbonyl (C=O) groups excluding carboxylic acids is 3. The lowest BCUT2D eigenvalue weighted by atomic mass is 9.85. The summed E-state index contributed by atoms with van der Waals surface area (Å²) in [5.74, 6) is -0.275. The number of aryl methyl sites for hydroxylation is 1. The van der Waals surface area contributed by atoms with Gasteiger partial charge in [0.1, 0.15) is 5.54 Å². The van der Waals surface area contributed by atoms with Crippen LogP contribution < -0.4 is 16.0 Å². The average molecular weight is 344 g/mol. The van der Waals surface area contributed by atoms with Crippen LogP contribution in [0.1, 0.15) is 31.2 Å². The van der Waals surface area contributed by atoms with E-state index in [-0.39, 0.29) is 18.4 Å². The van der Waals surface area contributed by atoms with Gasteiger partial charge in [-0.3, -0.25) is 9.59 Å². The lowest BCUT2D eigenvalue weighted by Crippen LogP contribution is -2.62. The Labute approximate surface area is 147 Å². The van der Waals surface area contributed by atoms with E-state index in [1.165, 1.54) is 0 Å². The normalized spacial score (nSPS) is 23.2. The Bertz CT molecular complexity index is 688. The Hall–Kier alpha value is -2.57. The number of hydrogen-bond acceptors (Lipinski definition) is 3. The third-order valence-corrected chi connectivity index (χ3v) is 5.16. The van der Waals surface area contributed by atoms with Crippen molar-refractivity contribution in [1.29, 1.82) is 0 Å². The molecule has 3 N–H and O–H groups in total. The van der Waals surface area contributed by atoms with Crippen molar-refractivity contribution in [2.24, 2.45) is 5.73 Å². The number of nitrogens with two attached hydrogens (primary N) is 1. The number of primary amides is 1. The molecule has 2 fully saturated rings. The molecule has 0 radical (unpaired) electrons. The van der Waals surface area contributed by atoms with Gasteiger partial charge in [-0.25, -0.2) is 4.79 Å². The fourth-order valence-electron chi connectivity index (χ4n) is 3.94. The van der Waals surface area contributed by atoms with Crippen molar-refractivity contribution in [2.45, 2.75) is 38.1 Å². The highest BCUT2D eigenvalue weighted by Gasteiger charge is 2.52. The number of anilines is 1. The predicted octanol–water partition coefficient (Wildman–Crippen LogP) is 1.15. The summed E-state index contributed by atoms with van der Waals surface area (Å²) in [5, 5.41) is 2.33. The number of likely N-dealkylation sites (tertiary alicyclic amines) is 1. The van der Waals surface area contributed by atoms with Crippen LogP contribution >= 0.6 is 0 Å². The van der Waals surface area contributed by atoms with Crippen LogP contribution in [0, 0.1) is 6.92 Å². The summed E-state index contributed by atoms with van der Waals surface area (Å²) in [6.07, 6.45) is 2.95. The van der Waals surface area contributed by atoms with Crippen LogP contribution in [0.4, 0.5) is 10.5 Å². The maximum atomic E-state index is 13.3. The number of carbonyl (C=O) groups is 3. The van der Waals surface area contributed by atoms with Crippen molar-refractivity contribution >= 4 is 23.5 Å². The van der Waals surface area contributed by atoms with Gasteiger partial charge in [-0.05, 0) is 44.7 Å². The number of nitrogens with zero attached hydrogens (tertiary/aromatic N) is 2. The highest BCUT2D eigenvalue weighted by Crippen LogP contribution is 2.39. The van der Waals surface area contributed by atoms with Crippen molar-refractivity contribution in [3.63, 3.8) is 0 Å². The molecule has 4 amide bonds. The lowest BCUT2D eigenvalue weighted by molar-refractivity contribution is -0.144. The van der Waals surface area contributed by atoms with Gasteiger partial charge in [0.25, 0.3) is 5.91 Å². The van der Waals surface area contributed by atoms with Crippen LogP contribution in [-0.2, 0) is 9.59 Å². The highest BCUT2D eigenvalue weighted by molar-refractivity contribution is 6.03. The molecule has 2 aliphatic rings. The minimum atomic E-state index is -0.792. The molecule has 0 aliphatic carbocycles. The Morgan fingerprint density at radius 3 is 2.44 bits per heavy atom. The van der Waals surface area contributed by atoms with E-state index in [1.807, 2.05) is 31.2 Å². The van der Waals surface area contributed by atoms with Crippen molar-refractivity contribution in [3.05, 3.63) is 29.8 Å². The van der Waals surface area contributed by atoms with E-state index in [0.29, 0.717) is 25.9 Å². The monoisotopic (exact) mass is 344 g/mol. The molecular weight excluding hydrogens is 320 g/mol. The molecule has 1 aromatic rings. The number of rotatable bonds is 3. The quantitative estimate of drug-likeness (QED) is 0.861. The van der Waals surface area contributed by atoms with Crippen molar-refractivity contribution in [2.75, 3.05) is 24.5 Å². The SMILES string of the molecule is Cc1ccc(N2CCCC3(CCCN3C(=O)CNC(N)=O)C2=O)cc1. The second kappa shape index (κ2) is 6.74. The zero-order valence-electron chi connectivity index (χ0n) is 14.5. The molecule has 1 aromatic carbocycles. The summed E-state index contributed by atoms with van der Waals surface area (Å²) in [7, 11) is 0. The number of piperidine rings is 1. The maximum absolute atomic E-state index is 13.3. The number of nitrogens with one attached hydrogen (secondary N) is 1. The van der Waals surface area contributed by atoms with Gasteiger partial charge >= 0.3 is 6.03 Å². The molecule has 2 heterocycles. The van der Waals surface area contributed by atoms with Gasteiger partial charge in [0.2, 0.25) is 5.91 Å². The predicted molar refractivity (Wildman–Crippen MR) is 94.0 cm³/mol. The topological polar surface area (TPSA) is 95.7 Å². The Kier molecular flexibility index (Phi) is 4.65. The van der Waals surface area contributed by atoms with Gasteiger partial charge < -0.3 is 20.9 Å². The molecule has 1 atom stereocenters. The van der Waals surface area contributed by atoms with Crippen LogP contribution in [0.2, 0.25) is 0 Å². The summed E-state index contributed by atoms with van der Waals surface area (Å²) in [6.45, 7) is 3.03. The first-order valence-corrected chi connectivity index (χ1v) is 8.66. The van der Waals surface area contributed by atoms with Gasteiger partial charge in [0.15, 0.2) is 0 Å². The molecule has 1 unspecified atom stereocenters. The van der Waals surface area contributed by atoms with Crippen LogP contribution in [0.5, 0.6) is 0 Å². The molecule has 0 bridgehead atoms. The third-order valence-electron chi connectivity index (χ3n) is 5.16. The second-order valence-corrected chi connectivity index (χ2v) is 6.79. The van der Waals surface area contributed by atoms with Crippen LogP contribution in [0.25, 0.3) is 0 Å². The zero-order chi connectivity index (χ0) is 18.0. The summed E-state index contributed by atoms with van der Waals surface area (Å²) >= 11 is 0. The first-order valence-electron chi connectivity index (χ1n) is 8.66. The molecular formula is C18H24N4O3. The summed E-state index contributed by atoms with van der Waals surface area (Å²) in [5.41, 5.74) is 6.26. The summed E-state index contributed by atoms with van der Waals surface area (Å²) in [4.78, 5) is 40.2. The van der Waals surface area contributed by atoms with Gasteiger partial charge in [0, 0.05) is 18.8 Å². The van der Waals surface area contributed by atoms with Crippen molar-refractivity contribution in [3.8, 4) is 0 Å². The Morgan fingerprint density at radius 1 is 1.16 bits per heavy atom. The van der Waals surface area contributed by atoms with E-state index in [0.717, 1.165) is 24.1 Å². The number of amides is 4. The fraction of sp³-hybridized carbons (Fsp3) is 0.500. The van der Waals surface area contributed by atoms with Crippen LogP contribution in [0.15, 0.2) is 24.3 Å². The molecule has 0 aromatic heterocycles. The molecule has 2 aliphatic heterocycles. The first-order chi connectivity index (χ1) is 11.9. The standard InChI is InChI=1S/C18H24N4O3/c1-13-4-6-14(7-5-13)21-10-2-8-18(16(21)24)9-3-11-22(18)15(23)12-20-17(19)25/h4-7H,2-3,8-12H2,1H3,(H3,19,20,25). The Morgan fingerprint density at radius 2 is 1.80 bits per heavy atom. The zero-order valence-corrected chi connectivity index (χ0v) is 14.5. The third kappa shape index (κ3) is 3.18. The molecule has 3 rings (SSSR count). The van der Waals surface area contributed by atoms with Gasteiger partial charge in [-0.2, -0.15) is 0 Å². The number of hydrogen-bond donors (Lipinski definition) is 2. The highest BCUT2D eigenvalue weighted by atomic mass is 16.2. The van der Waals surface area contributed by atoms with E-state index in [1.54, 1.807) is 9.80 Å². The van der Waals surface area contributed by atoms with Crippen LogP contribution in [0.3, 0.4) is 0 Å². The molecule has 1 spiro atoms. The van der Waals surface area contributed by atoms with Crippen LogP contribution in [-0.4, -0.2) is 47.9 Å². The fourth-order valence-corrected chi connectivity index (χ4v) is 3.94. The molecule has 134 valence electrons. The largest absolute Gasteiger partial charge is 0.352 e. The second-order valence-electron chi connectivity index (χ2n) is 6.79. The molecule has 7 heteroatoms. The first kappa shape index (κ1) is 17.3. The molecule has 0 saturated carbocycles. The average Bonchev–Trinajstić information content (AvgIpc) is 3.01. The van der Waals surface area contributed by atoms with Crippen molar-refractivity contribution < 1.29 is 14.4 Å². The molecule has 2 saturated heterocycles. The van der Waals surface area contributed by atoms with E-state index >= 15 is 0 Å². The minimum absolute atomic E-state index is 0.0208. The van der Waals surface area contributed by atoms with E-state index in [4.69, 9.17) is 5.73 Å². The summed E-state index contributed by atoms with van der Waals surface area (Å²) < 4.78 is 0. The van der Waals surface area contributed by atoms with Crippen molar-refractivity contribution in [1.82, 2.24) is 10.2 Å². The lowest BCUT2D eigenvalue weighted by Gasteiger charge is -2.44. The van der Waals surface area contributed by atoms with Gasteiger partial charge in [-0.15, -0.1) is 0 Å². The minimum Gasteiger partial charge on any atom is -0.352 e. The van der Waals surface area contributed by atoms with E-state index < -0.39 is 11.6 Å². The van der Waals surface area contributed by atoms with Gasteiger partial charge in [-0.1, -0.05) is 17.7 Å². The molecule has 25 heavy (non-hydrogen) atoms. The van der Waals surface area contributed by atoms with Gasteiger partial charge in [0.05, 0.1) is 6.54 Å². The number of benzene rings is 1. The smallest absolute Gasteiger partial charge is 0.312 e. The van der Waals surface area contributed by atoms with E-state index in [9.17, 15) is 14.4 Å². The Balaban J connectivity index is 1.83. The molecule has 7 nitrogen and oxygen atoms in total.